The van der Waals surface area contributed by atoms with Crippen LogP contribution in [0.5, 0.6) is 0 Å². The number of cyclic esters (lactones) is 2. The van der Waals surface area contributed by atoms with E-state index in [1.54, 1.807) is 0 Å². The summed E-state index contributed by atoms with van der Waals surface area (Å²) < 4.78 is 10.6. The Morgan fingerprint density at radius 3 is 2.95 bits per heavy atom. The lowest BCUT2D eigenvalue weighted by atomic mass is 9.47. The third kappa shape index (κ3) is 1.07. The van der Waals surface area contributed by atoms with Crippen molar-refractivity contribution in [2.45, 2.75) is 25.7 Å². The second-order valence-corrected chi connectivity index (χ2v) is 6.79. The molecule has 0 radical (unpaired) electrons. The van der Waals surface area contributed by atoms with Crippen molar-refractivity contribution in [1.29, 1.82) is 0 Å². The van der Waals surface area contributed by atoms with Crippen LogP contribution in [-0.4, -0.2) is 25.2 Å². The highest BCUT2D eigenvalue weighted by atomic mass is 16.5. The lowest BCUT2D eigenvalue weighted by molar-refractivity contribution is -0.137. The van der Waals surface area contributed by atoms with Crippen molar-refractivity contribution in [3.63, 3.8) is 0 Å². The van der Waals surface area contributed by atoms with Gasteiger partial charge in [0.25, 0.3) is 0 Å². The zero-order valence-corrected chi connectivity index (χ0v) is 11.2. The van der Waals surface area contributed by atoms with E-state index in [2.05, 4.69) is 6.08 Å². The lowest BCUT2D eigenvalue weighted by Gasteiger charge is -2.53. The summed E-state index contributed by atoms with van der Waals surface area (Å²) in [5, 5.41) is 0. The highest BCUT2D eigenvalue weighted by Crippen LogP contribution is 2.64. The molecule has 2 fully saturated rings. The van der Waals surface area contributed by atoms with Gasteiger partial charge in [-0.1, -0.05) is 6.08 Å². The van der Waals surface area contributed by atoms with Crippen LogP contribution in [0.1, 0.15) is 25.7 Å². The number of carbonyl (C=O) groups excluding carboxylic acids is 2. The molecule has 4 heteroatoms. The van der Waals surface area contributed by atoms with E-state index < -0.39 is 0 Å². The van der Waals surface area contributed by atoms with Crippen LogP contribution in [0.15, 0.2) is 22.8 Å². The molecular weight excluding hydrogens is 256 g/mol. The van der Waals surface area contributed by atoms with Crippen molar-refractivity contribution in [2.75, 3.05) is 13.2 Å². The first-order chi connectivity index (χ1) is 9.71. The molecule has 20 heavy (non-hydrogen) atoms. The smallest absolute Gasteiger partial charge is 0.334 e. The molecule has 1 spiro atoms. The number of rotatable bonds is 0. The van der Waals surface area contributed by atoms with E-state index in [1.807, 2.05) is 0 Å². The minimum Gasteiger partial charge on any atom is -0.461 e. The number of allylic oxidation sites excluding steroid dienone is 1. The number of carbonyl (C=O) groups is 2. The number of fused-ring (bicyclic) bond motifs is 1. The first kappa shape index (κ1) is 11.1. The van der Waals surface area contributed by atoms with Crippen LogP contribution in [0.25, 0.3) is 0 Å². The molecule has 4 nitrogen and oxygen atoms in total. The molecule has 0 aromatic heterocycles. The number of esters is 2. The van der Waals surface area contributed by atoms with E-state index in [0.29, 0.717) is 25.0 Å². The predicted octanol–water partition coefficient (Wildman–Crippen LogP) is 1.76. The van der Waals surface area contributed by atoms with Gasteiger partial charge in [-0.15, -0.1) is 0 Å². The minimum absolute atomic E-state index is 0.143. The summed E-state index contributed by atoms with van der Waals surface area (Å²) in [6, 6.07) is 0. The molecular formula is C16H16O4. The van der Waals surface area contributed by atoms with Crippen molar-refractivity contribution in [3.05, 3.63) is 22.8 Å². The van der Waals surface area contributed by atoms with E-state index in [-0.39, 0.29) is 23.3 Å². The molecule has 4 unspecified atom stereocenters. The summed E-state index contributed by atoms with van der Waals surface area (Å²) in [7, 11) is 0. The highest BCUT2D eigenvalue weighted by Gasteiger charge is 2.63. The van der Waals surface area contributed by atoms with Crippen molar-refractivity contribution in [2.24, 2.45) is 23.2 Å². The zero-order chi connectivity index (χ0) is 13.5. The molecule has 1 saturated carbocycles. The maximum Gasteiger partial charge on any atom is 0.334 e. The fourth-order valence-corrected chi connectivity index (χ4v) is 5.34. The van der Waals surface area contributed by atoms with Crippen LogP contribution in [-0.2, 0) is 19.1 Å². The molecule has 4 aliphatic carbocycles. The van der Waals surface area contributed by atoms with Crippen LogP contribution in [0.4, 0.5) is 0 Å². The summed E-state index contributed by atoms with van der Waals surface area (Å²) in [5.41, 5.74) is 2.69. The monoisotopic (exact) mass is 272 g/mol. The van der Waals surface area contributed by atoms with Gasteiger partial charge in [-0.2, -0.15) is 0 Å². The van der Waals surface area contributed by atoms with Gasteiger partial charge in [0.15, 0.2) is 0 Å². The molecule has 6 rings (SSSR count). The Kier molecular flexibility index (Phi) is 1.86. The normalized spacial score (nSPS) is 44.6. The SMILES string of the molecule is O=C1OCC23CCC(C=C12)C1CCC2=C(C(=O)OC2)C13. The zero-order valence-electron chi connectivity index (χ0n) is 11.2. The Bertz CT molecular complexity index is 614. The number of ether oxygens (including phenoxy) is 2. The number of hydrogen-bond acceptors (Lipinski definition) is 4. The van der Waals surface area contributed by atoms with Crippen LogP contribution >= 0.6 is 0 Å². The van der Waals surface area contributed by atoms with Crippen molar-refractivity contribution in [1.82, 2.24) is 0 Å². The third-order valence-electron chi connectivity index (χ3n) is 6.16. The summed E-state index contributed by atoms with van der Waals surface area (Å²) in [4.78, 5) is 24.2. The van der Waals surface area contributed by atoms with Gasteiger partial charge in [0.2, 0.25) is 0 Å². The molecule has 0 aromatic carbocycles. The Morgan fingerprint density at radius 1 is 1.15 bits per heavy atom. The molecule has 2 heterocycles. The Morgan fingerprint density at radius 2 is 2.05 bits per heavy atom. The molecule has 6 aliphatic rings. The van der Waals surface area contributed by atoms with Crippen LogP contribution in [0.2, 0.25) is 0 Å². The molecule has 1 saturated heterocycles. The standard InChI is InChI=1S/C16H16O4/c17-14-11-5-8-3-4-16(11,7-20-14)13-10(8)2-1-9-6-19-15(18)12(9)13/h5,8,10,13H,1-4,6-7H2. The molecule has 104 valence electrons. The molecule has 4 atom stereocenters. The van der Waals surface area contributed by atoms with Crippen molar-refractivity contribution < 1.29 is 19.1 Å². The predicted molar refractivity (Wildman–Crippen MR) is 68.4 cm³/mol. The molecule has 2 aliphatic heterocycles. The van der Waals surface area contributed by atoms with Gasteiger partial charge in [-0.05, 0) is 43.1 Å². The maximum absolute atomic E-state index is 12.2. The van der Waals surface area contributed by atoms with Crippen LogP contribution in [0, 0.1) is 23.2 Å². The second-order valence-electron chi connectivity index (χ2n) is 6.79. The first-order valence-corrected chi connectivity index (χ1v) is 7.49. The molecule has 2 bridgehead atoms. The molecule has 0 N–H and O–H groups in total. The summed E-state index contributed by atoms with van der Waals surface area (Å²) in [6.45, 7) is 0.918. The Hall–Kier alpha value is -1.58. The van der Waals surface area contributed by atoms with Crippen molar-refractivity contribution in [3.8, 4) is 0 Å². The van der Waals surface area contributed by atoms with Gasteiger partial charge >= 0.3 is 11.9 Å². The largest absolute Gasteiger partial charge is 0.461 e. The van der Waals surface area contributed by atoms with Crippen LogP contribution in [0.3, 0.4) is 0 Å². The van der Waals surface area contributed by atoms with Gasteiger partial charge in [0.1, 0.15) is 13.2 Å². The fourth-order valence-electron chi connectivity index (χ4n) is 5.34. The molecule has 0 amide bonds. The quantitative estimate of drug-likeness (QED) is 0.630. The maximum atomic E-state index is 12.2. The topological polar surface area (TPSA) is 52.6 Å². The van der Waals surface area contributed by atoms with E-state index >= 15 is 0 Å². The summed E-state index contributed by atoms with van der Waals surface area (Å²) in [6.07, 6.45) is 6.35. The van der Waals surface area contributed by atoms with Gasteiger partial charge in [0, 0.05) is 22.5 Å². The average molecular weight is 272 g/mol. The first-order valence-electron chi connectivity index (χ1n) is 7.49. The minimum atomic E-state index is -0.235. The van der Waals surface area contributed by atoms with E-state index in [9.17, 15) is 9.59 Å². The lowest BCUT2D eigenvalue weighted by Crippen LogP contribution is -2.51. The Balaban J connectivity index is 1.73. The van der Waals surface area contributed by atoms with Crippen LogP contribution < -0.4 is 0 Å². The van der Waals surface area contributed by atoms with Gasteiger partial charge in [0.05, 0.1) is 0 Å². The van der Waals surface area contributed by atoms with E-state index in [1.165, 1.54) is 5.57 Å². The van der Waals surface area contributed by atoms with Gasteiger partial charge in [-0.25, -0.2) is 9.59 Å². The highest BCUT2D eigenvalue weighted by molar-refractivity contribution is 5.96. The van der Waals surface area contributed by atoms with Crippen molar-refractivity contribution >= 4 is 11.9 Å². The summed E-state index contributed by atoms with van der Waals surface area (Å²) >= 11 is 0. The average Bonchev–Trinajstić information content (AvgIpc) is 3.02. The van der Waals surface area contributed by atoms with Gasteiger partial charge < -0.3 is 9.47 Å². The molecule has 0 aromatic rings. The number of hydrogen-bond donors (Lipinski definition) is 0. The van der Waals surface area contributed by atoms with E-state index in [4.69, 9.17) is 9.47 Å². The second kappa shape index (κ2) is 3.35. The van der Waals surface area contributed by atoms with E-state index in [0.717, 1.165) is 36.8 Å². The Labute approximate surface area is 116 Å². The third-order valence-corrected chi connectivity index (χ3v) is 6.16. The summed E-state index contributed by atoms with van der Waals surface area (Å²) in [5.74, 6) is 0.783. The van der Waals surface area contributed by atoms with Gasteiger partial charge in [-0.3, -0.25) is 0 Å². The fraction of sp³-hybridized carbons (Fsp3) is 0.625.